The predicted molar refractivity (Wildman–Crippen MR) is 109 cm³/mol. The zero-order chi connectivity index (χ0) is 23.0. The highest BCUT2D eigenvalue weighted by Crippen LogP contribution is 2.50. The minimum absolute atomic E-state index is 0.0285. The maximum atomic E-state index is 14.1. The Morgan fingerprint density at radius 1 is 1.06 bits per heavy atom. The standard InChI is InChI=1S/C22H18ClF3N2O3/c1-12-9-16(7-8-27-12)21(31,22(24,25)26)13(2)17-5-3-14(10-18(17)23)15-4-6-19(20(29)30)28-11-15/h3-11,13,31H,1-2H3,(H,29,30). The van der Waals surface area contributed by atoms with Gasteiger partial charge in [-0.05, 0) is 47.9 Å². The predicted octanol–water partition coefficient (Wildman–Crippen LogP) is 5.36. The minimum Gasteiger partial charge on any atom is -0.477 e. The fourth-order valence-electron chi connectivity index (χ4n) is 3.42. The van der Waals surface area contributed by atoms with E-state index < -0.39 is 23.7 Å². The van der Waals surface area contributed by atoms with Gasteiger partial charge in [-0.2, -0.15) is 13.2 Å². The highest BCUT2D eigenvalue weighted by atomic mass is 35.5. The van der Waals surface area contributed by atoms with Crippen molar-refractivity contribution in [2.45, 2.75) is 31.5 Å². The van der Waals surface area contributed by atoms with Crippen molar-refractivity contribution in [3.05, 3.63) is 82.4 Å². The third kappa shape index (κ3) is 4.26. The van der Waals surface area contributed by atoms with Gasteiger partial charge in [0.1, 0.15) is 5.69 Å². The van der Waals surface area contributed by atoms with Crippen LogP contribution in [0.3, 0.4) is 0 Å². The largest absolute Gasteiger partial charge is 0.477 e. The number of aromatic nitrogens is 2. The van der Waals surface area contributed by atoms with Crippen molar-refractivity contribution >= 4 is 17.6 Å². The third-order valence-electron chi connectivity index (χ3n) is 5.18. The van der Waals surface area contributed by atoms with Crippen LogP contribution in [0.5, 0.6) is 0 Å². The first-order valence-electron chi connectivity index (χ1n) is 9.16. The average Bonchev–Trinajstić information content (AvgIpc) is 2.71. The van der Waals surface area contributed by atoms with Gasteiger partial charge in [-0.15, -0.1) is 0 Å². The number of rotatable bonds is 5. The number of aryl methyl sites for hydroxylation is 1. The molecular weight excluding hydrogens is 433 g/mol. The molecule has 2 heterocycles. The zero-order valence-electron chi connectivity index (χ0n) is 16.5. The molecule has 0 saturated carbocycles. The average molecular weight is 451 g/mol. The lowest BCUT2D eigenvalue weighted by Gasteiger charge is -2.37. The van der Waals surface area contributed by atoms with Crippen LogP contribution in [0.25, 0.3) is 11.1 Å². The summed E-state index contributed by atoms with van der Waals surface area (Å²) < 4.78 is 42.2. The number of carboxylic acids is 1. The van der Waals surface area contributed by atoms with Crippen LogP contribution in [0, 0.1) is 6.92 Å². The van der Waals surface area contributed by atoms with E-state index in [0.29, 0.717) is 16.8 Å². The molecule has 0 radical (unpaired) electrons. The summed E-state index contributed by atoms with van der Waals surface area (Å²) in [5.74, 6) is -2.60. The molecule has 9 heteroatoms. The number of aromatic carboxylic acids is 1. The number of hydrogen-bond donors (Lipinski definition) is 2. The number of alkyl halides is 3. The Hall–Kier alpha value is -2.97. The lowest BCUT2D eigenvalue weighted by molar-refractivity contribution is -0.274. The molecule has 2 N–H and O–H groups in total. The zero-order valence-corrected chi connectivity index (χ0v) is 17.2. The maximum Gasteiger partial charge on any atom is 0.422 e. The molecule has 1 aromatic carbocycles. The van der Waals surface area contributed by atoms with E-state index in [0.717, 1.165) is 6.07 Å². The van der Waals surface area contributed by atoms with Gasteiger partial charge in [0.15, 0.2) is 5.60 Å². The van der Waals surface area contributed by atoms with E-state index in [1.54, 1.807) is 6.07 Å². The topological polar surface area (TPSA) is 83.3 Å². The Labute approximate surface area is 181 Å². The summed E-state index contributed by atoms with van der Waals surface area (Å²) in [5, 5.41) is 19.8. The summed E-state index contributed by atoms with van der Waals surface area (Å²) in [4.78, 5) is 18.7. The van der Waals surface area contributed by atoms with Crippen molar-refractivity contribution in [3.8, 4) is 11.1 Å². The van der Waals surface area contributed by atoms with Gasteiger partial charge in [-0.3, -0.25) is 4.98 Å². The van der Waals surface area contributed by atoms with Crippen molar-refractivity contribution in [1.29, 1.82) is 0 Å². The van der Waals surface area contributed by atoms with E-state index in [9.17, 15) is 23.1 Å². The molecule has 0 aliphatic rings. The lowest BCUT2D eigenvalue weighted by Crippen LogP contribution is -2.46. The molecule has 31 heavy (non-hydrogen) atoms. The van der Waals surface area contributed by atoms with Crippen molar-refractivity contribution in [2.75, 3.05) is 0 Å². The first-order chi connectivity index (χ1) is 14.4. The van der Waals surface area contributed by atoms with Crippen LogP contribution in [-0.2, 0) is 5.60 Å². The van der Waals surface area contributed by atoms with Crippen LogP contribution < -0.4 is 0 Å². The second kappa shape index (κ2) is 8.28. The molecule has 0 bridgehead atoms. The van der Waals surface area contributed by atoms with Crippen LogP contribution in [0.1, 0.15) is 40.2 Å². The van der Waals surface area contributed by atoms with E-state index in [1.807, 2.05) is 0 Å². The summed E-state index contributed by atoms with van der Waals surface area (Å²) in [7, 11) is 0. The number of carboxylic acid groups (broad SMARTS) is 1. The van der Waals surface area contributed by atoms with Crippen LogP contribution in [0.4, 0.5) is 13.2 Å². The van der Waals surface area contributed by atoms with Crippen molar-refractivity contribution in [3.63, 3.8) is 0 Å². The second-order valence-electron chi connectivity index (χ2n) is 7.15. The van der Waals surface area contributed by atoms with E-state index in [-0.39, 0.29) is 21.8 Å². The molecule has 2 unspecified atom stereocenters. The molecular formula is C22H18ClF3N2O3. The van der Waals surface area contributed by atoms with Crippen LogP contribution in [0.2, 0.25) is 5.02 Å². The normalized spacial score (nSPS) is 14.7. The number of pyridine rings is 2. The summed E-state index contributed by atoms with van der Waals surface area (Å²) >= 11 is 6.33. The van der Waals surface area contributed by atoms with Gasteiger partial charge in [0, 0.05) is 34.6 Å². The van der Waals surface area contributed by atoms with Gasteiger partial charge in [0.05, 0.1) is 0 Å². The van der Waals surface area contributed by atoms with E-state index in [2.05, 4.69) is 9.97 Å². The molecule has 162 valence electrons. The van der Waals surface area contributed by atoms with Crippen molar-refractivity contribution in [2.24, 2.45) is 0 Å². The molecule has 0 spiro atoms. The highest BCUT2D eigenvalue weighted by Gasteiger charge is 2.59. The van der Waals surface area contributed by atoms with E-state index >= 15 is 0 Å². The Bertz CT molecular complexity index is 1120. The quantitative estimate of drug-likeness (QED) is 0.547. The molecule has 2 aromatic heterocycles. The Morgan fingerprint density at radius 3 is 2.26 bits per heavy atom. The smallest absolute Gasteiger partial charge is 0.422 e. The molecule has 3 rings (SSSR count). The fraction of sp³-hybridized carbons (Fsp3) is 0.227. The van der Waals surface area contributed by atoms with E-state index in [4.69, 9.17) is 16.7 Å². The fourth-order valence-corrected chi connectivity index (χ4v) is 3.76. The van der Waals surface area contributed by atoms with Gasteiger partial charge in [-0.1, -0.05) is 36.7 Å². The van der Waals surface area contributed by atoms with Crippen molar-refractivity contribution < 1.29 is 28.2 Å². The number of carbonyl (C=O) groups is 1. The molecule has 0 saturated heterocycles. The Kier molecular flexibility index (Phi) is 6.07. The highest BCUT2D eigenvalue weighted by molar-refractivity contribution is 6.31. The summed E-state index contributed by atoms with van der Waals surface area (Å²) in [6.07, 6.45) is -2.42. The van der Waals surface area contributed by atoms with Gasteiger partial charge >= 0.3 is 12.1 Å². The third-order valence-corrected chi connectivity index (χ3v) is 5.51. The van der Waals surface area contributed by atoms with Crippen molar-refractivity contribution in [1.82, 2.24) is 9.97 Å². The molecule has 0 aliphatic heterocycles. The monoisotopic (exact) mass is 450 g/mol. The maximum absolute atomic E-state index is 14.1. The number of hydrogen-bond acceptors (Lipinski definition) is 4. The Balaban J connectivity index is 2.03. The molecule has 5 nitrogen and oxygen atoms in total. The molecule has 0 fully saturated rings. The van der Waals surface area contributed by atoms with Gasteiger partial charge in [-0.25, -0.2) is 9.78 Å². The minimum atomic E-state index is -4.97. The molecule has 3 aromatic rings. The summed E-state index contributed by atoms with van der Waals surface area (Å²) in [5.41, 5.74) is -2.11. The van der Waals surface area contributed by atoms with Crippen LogP contribution in [0.15, 0.2) is 54.9 Å². The van der Waals surface area contributed by atoms with E-state index in [1.165, 1.54) is 56.6 Å². The SMILES string of the molecule is Cc1cc(C(O)(C(C)c2ccc(-c3ccc(C(=O)O)nc3)cc2Cl)C(F)(F)F)ccn1. The van der Waals surface area contributed by atoms with Crippen LogP contribution >= 0.6 is 11.6 Å². The van der Waals surface area contributed by atoms with Gasteiger partial charge in [0.25, 0.3) is 0 Å². The molecule has 0 aliphatic carbocycles. The number of aliphatic hydroxyl groups is 1. The van der Waals surface area contributed by atoms with Gasteiger partial charge < -0.3 is 10.2 Å². The first kappa shape index (κ1) is 22.7. The summed E-state index contributed by atoms with van der Waals surface area (Å²) in [6.45, 7) is 2.80. The first-order valence-corrected chi connectivity index (χ1v) is 9.54. The summed E-state index contributed by atoms with van der Waals surface area (Å²) in [6, 6.07) is 9.59. The Morgan fingerprint density at radius 2 is 1.74 bits per heavy atom. The number of halogens is 4. The number of nitrogens with zero attached hydrogens (tertiary/aromatic N) is 2. The van der Waals surface area contributed by atoms with Crippen LogP contribution in [-0.4, -0.2) is 32.3 Å². The molecule has 0 amide bonds. The lowest BCUT2D eigenvalue weighted by atomic mass is 9.77. The molecule has 2 atom stereocenters. The van der Waals surface area contributed by atoms with Gasteiger partial charge in [0.2, 0.25) is 0 Å². The number of benzene rings is 1. The second-order valence-corrected chi connectivity index (χ2v) is 7.55.